The van der Waals surface area contributed by atoms with Gasteiger partial charge < -0.3 is 10.5 Å². The van der Waals surface area contributed by atoms with E-state index in [-0.39, 0.29) is 5.84 Å². The number of halogens is 1. The molecule has 0 aliphatic heterocycles. The standard InChI is InChI=1S/C14H16FN3OS/c1-9-13(20-8-18-9)2-3-19-7-10-4-11(14(16)17)6-12(15)5-10/h4-6,8H,2-3,7H2,1H3,(H3,16,17). The first-order valence-corrected chi connectivity index (χ1v) is 7.05. The van der Waals surface area contributed by atoms with Gasteiger partial charge in [-0.1, -0.05) is 0 Å². The van der Waals surface area contributed by atoms with Gasteiger partial charge in [0, 0.05) is 16.9 Å². The molecule has 1 aromatic heterocycles. The average Bonchev–Trinajstić information content (AvgIpc) is 2.80. The summed E-state index contributed by atoms with van der Waals surface area (Å²) in [6, 6.07) is 4.31. The van der Waals surface area contributed by atoms with Crippen LogP contribution in [0.25, 0.3) is 0 Å². The normalized spacial score (nSPS) is 10.7. The minimum Gasteiger partial charge on any atom is -0.384 e. The molecule has 0 unspecified atom stereocenters. The Hall–Kier alpha value is -1.79. The van der Waals surface area contributed by atoms with Crippen molar-refractivity contribution in [1.82, 2.24) is 4.98 Å². The van der Waals surface area contributed by atoms with Crippen molar-refractivity contribution in [2.24, 2.45) is 5.73 Å². The number of ether oxygens (including phenoxy) is 1. The van der Waals surface area contributed by atoms with Gasteiger partial charge in [-0.15, -0.1) is 11.3 Å². The van der Waals surface area contributed by atoms with E-state index in [1.165, 1.54) is 17.0 Å². The lowest BCUT2D eigenvalue weighted by atomic mass is 10.1. The van der Waals surface area contributed by atoms with E-state index in [2.05, 4.69) is 4.98 Å². The summed E-state index contributed by atoms with van der Waals surface area (Å²) in [5.41, 5.74) is 9.26. The van der Waals surface area contributed by atoms with Gasteiger partial charge in [-0.2, -0.15) is 0 Å². The molecule has 3 N–H and O–H groups in total. The van der Waals surface area contributed by atoms with Crippen LogP contribution in [0.5, 0.6) is 0 Å². The number of rotatable bonds is 6. The lowest BCUT2D eigenvalue weighted by Crippen LogP contribution is -2.12. The van der Waals surface area contributed by atoms with Gasteiger partial charge >= 0.3 is 0 Å². The molecule has 0 bridgehead atoms. The van der Waals surface area contributed by atoms with E-state index >= 15 is 0 Å². The number of nitrogen functional groups attached to an aromatic ring is 1. The number of nitrogens with two attached hydrogens (primary N) is 1. The second kappa shape index (κ2) is 6.58. The SMILES string of the molecule is Cc1ncsc1CCOCc1cc(F)cc(C(=N)N)c1. The topological polar surface area (TPSA) is 72.0 Å². The molecule has 0 spiro atoms. The number of nitrogens with zero attached hydrogens (tertiary/aromatic N) is 1. The van der Waals surface area contributed by atoms with E-state index in [4.69, 9.17) is 15.9 Å². The van der Waals surface area contributed by atoms with Crippen LogP contribution >= 0.6 is 11.3 Å². The highest BCUT2D eigenvalue weighted by Crippen LogP contribution is 2.14. The van der Waals surface area contributed by atoms with Crippen LogP contribution in [0, 0.1) is 18.2 Å². The van der Waals surface area contributed by atoms with Gasteiger partial charge in [0.1, 0.15) is 11.7 Å². The zero-order valence-corrected chi connectivity index (χ0v) is 12.0. The highest BCUT2D eigenvalue weighted by Gasteiger charge is 2.05. The number of amidine groups is 1. The molecule has 0 fully saturated rings. The molecule has 20 heavy (non-hydrogen) atoms. The van der Waals surface area contributed by atoms with Gasteiger partial charge in [-0.25, -0.2) is 9.37 Å². The van der Waals surface area contributed by atoms with Crippen LogP contribution in [-0.2, 0) is 17.8 Å². The minimum atomic E-state index is -0.408. The van der Waals surface area contributed by atoms with Gasteiger partial charge in [0.2, 0.25) is 0 Å². The Labute approximate surface area is 120 Å². The zero-order chi connectivity index (χ0) is 14.5. The van der Waals surface area contributed by atoms with Crippen LogP contribution in [0.1, 0.15) is 21.7 Å². The Kier molecular flexibility index (Phi) is 4.81. The molecular formula is C14H16FN3OS. The molecule has 0 amide bonds. The predicted octanol–water partition coefficient (Wildman–Crippen LogP) is 2.63. The summed E-state index contributed by atoms with van der Waals surface area (Å²) in [5.74, 6) is -0.555. The van der Waals surface area contributed by atoms with Crippen molar-refractivity contribution in [3.05, 3.63) is 51.2 Å². The number of benzene rings is 1. The van der Waals surface area contributed by atoms with Gasteiger partial charge in [-0.3, -0.25) is 5.41 Å². The lowest BCUT2D eigenvalue weighted by molar-refractivity contribution is 0.124. The van der Waals surface area contributed by atoms with Gasteiger partial charge in [0.25, 0.3) is 0 Å². The third kappa shape index (κ3) is 3.85. The fourth-order valence-electron chi connectivity index (χ4n) is 1.81. The van der Waals surface area contributed by atoms with Crippen molar-refractivity contribution in [2.75, 3.05) is 6.61 Å². The van der Waals surface area contributed by atoms with E-state index in [0.717, 1.165) is 12.1 Å². The molecule has 106 valence electrons. The van der Waals surface area contributed by atoms with E-state index in [0.29, 0.717) is 24.3 Å². The Morgan fingerprint density at radius 2 is 2.25 bits per heavy atom. The van der Waals surface area contributed by atoms with E-state index in [1.54, 1.807) is 17.4 Å². The first-order chi connectivity index (χ1) is 9.56. The minimum absolute atomic E-state index is 0.147. The summed E-state index contributed by atoms with van der Waals surface area (Å²) in [6.45, 7) is 2.82. The van der Waals surface area contributed by atoms with Crippen LogP contribution < -0.4 is 5.73 Å². The number of aryl methyl sites for hydroxylation is 1. The summed E-state index contributed by atoms with van der Waals surface area (Å²) in [5, 5.41) is 7.32. The maximum Gasteiger partial charge on any atom is 0.124 e. The van der Waals surface area contributed by atoms with Crippen molar-refractivity contribution >= 4 is 17.2 Å². The van der Waals surface area contributed by atoms with E-state index in [9.17, 15) is 4.39 Å². The number of thiazole rings is 1. The summed E-state index contributed by atoms with van der Waals surface area (Å²) >= 11 is 1.61. The second-order valence-corrected chi connectivity index (χ2v) is 5.36. The predicted molar refractivity (Wildman–Crippen MR) is 77.6 cm³/mol. The van der Waals surface area contributed by atoms with E-state index < -0.39 is 5.82 Å². The molecule has 0 saturated carbocycles. The third-order valence-corrected chi connectivity index (χ3v) is 3.85. The highest BCUT2D eigenvalue weighted by molar-refractivity contribution is 7.09. The molecule has 0 radical (unpaired) electrons. The van der Waals surface area contributed by atoms with Crippen molar-refractivity contribution < 1.29 is 9.13 Å². The molecule has 0 saturated heterocycles. The molecule has 1 aromatic carbocycles. The van der Waals surface area contributed by atoms with Crippen molar-refractivity contribution in [3.8, 4) is 0 Å². The maximum absolute atomic E-state index is 13.4. The lowest BCUT2D eigenvalue weighted by Gasteiger charge is -2.06. The summed E-state index contributed by atoms with van der Waals surface area (Å²) in [4.78, 5) is 5.37. The Morgan fingerprint density at radius 1 is 1.45 bits per heavy atom. The van der Waals surface area contributed by atoms with Crippen molar-refractivity contribution in [1.29, 1.82) is 5.41 Å². The summed E-state index contributed by atoms with van der Waals surface area (Å²) in [6.07, 6.45) is 0.797. The van der Waals surface area contributed by atoms with Gasteiger partial charge in [-0.05, 0) is 30.7 Å². The van der Waals surface area contributed by atoms with Crippen LogP contribution in [0.2, 0.25) is 0 Å². The van der Waals surface area contributed by atoms with Crippen LogP contribution in [0.4, 0.5) is 4.39 Å². The largest absolute Gasteiger partial charge is 0.384 e. The fraction of sp³-hybridized carbons (Fsp3) is 0.286. The molecule has 1 heterocycles. The monoisotopic (exact) mass is 293 g/mol. The van der Waals surface area contributed by atoms with E-state index in [1.807, 2.05) is 12.4 Å². The maximum atomic E-state index is 13.4. The zero-order valence-electron chi connectivity index (χ0n) is 11.1. The molecule has 4 nitrogen and oxygen atoms in total. The Morgan fingerprint density at radius 3 is 2.90 bits per heavy atom. The van der Waals surface area contributed by atoms with Crippen molar-refractivity contribution in [2.45, 2.75) is 20.0 Å². The second-order valence-electron chi connectivity index (χ2n) is 4.43. The average molecular weight is 293 g/mol. The molecule has 0 atom stereocenters. The molecule has 0 aliphatic rings. The number of nitrogens with one attached hydrogen (secondary N) is 1. The fourth-order valence-corrected chi connectivity index (χ4v) is 2.57. The van der Waals surface area contributed by atoms with Gasteiger partial charge in [0.15, 0.2) is 0 Å². The van der Waals surface area contributed by atoms with Crippen LogP contribution in [0.15, 0.2) is 23.7 Å². The highest BCUT2D eigenvalue weighted by atomic mass is 32.1. The molecular weight excluding hydrogens is 277 g/mol. The van der Waals surface area contributed by atoms with Crippen molar-refractivity contribution in [3.63, 3.8) is 0 Å². The first-order valence-electron chi connectivity index (χ1n) is 6.17. The number of hydrogen-bond donors (Lipinski definition) is 2. The summed E-state index contributed by atoms with van der Waals surface area (Å²) < 4.78 is 18.9. The quantitative estimate of drug-likeness (QED) is 0.488. The van der Waals surface area contributed by atoms with Gasteiger partial charge in [0.05, 0.1) is 24.4 Å². The summed E-state index contributed by atoms with van der Waals surface area (Å²) in [7, 11) is 0. The van der Waals surface area contributed by atoms with Crippen LogP contribution in [0.3, 0.4) is 0 Å². The molecule has 6 heteroatoms. The smallest absolute Gasteiger partial charge is 0.124 e. The number of aromatic nitrogens is 1. The molecule has 0 aliphatic carbocycles. The molecule has 2 rings (SSSR count). The first kappa shape index (κ1) is 14.6. The van der Waals surface area contributed by atoms with Crippen LogP contribution in [-0.4, -0.2) is 17.4 Å². The molecule has 2 aromatic rings. The Bertz CT molecular complexity index is 612. The third-order valence-electron chi connectivity index (χ3n) is 2.86. The Balaban J connectivity index is 1.88. The number of hydrogen-bond acceptors (Lipinski definition) is 4.